The molecule has 0 spiro atoms. The number of nitriles is 2. The Morgan fingerprint density at radius 2 is 1.85 bits per heavy atom. The van der Waals surface area contributed by atoms with Crippen molar-refractivity contribution in [3.05, 3.63) is 29.3 Å². The van der Waals surface area contributed by atoms with Gasteiger partial charge in [-0.1, -0.05) is 6.07 Å². The zero-order valence-corrected chi connectivity index (χ0v) is 6.60. The summed E-state index contributed by atoms with van der Waals surface area (Å²) in [6.45, 7) is 0. The summed E-state index contributed by atoms with van der Waals surface area (Å²) in [7, 11) is -1.68. The molecule has 0 aliphatic heterocycles. The van der Waals surface area contributed by atoms with Gasteiger partial charge >= 0.3 is 7.12 Å². The molecule has 1 rings (SSSR count). The van der Waals surface area contributed by atoms with Crippen LogP contribution in [0.3, 0.4) is 0 Å². The molecule has 0 bridgehead atoms. The van der Waals surface area contributed by atoms with E-state index in [1.54, 1.807) is 6.07 Å². The molecule has 62 valence electrons. The van der Waals surface area contributed by atoms with Gasteiger partial charge in [0.05, 0.1) is 23.3 Å². The van der Waals surface area contributed by atoms with Crippen molar-refractivity contribution in [1.82, 2.24) is 0 Å². The second kappa shape index (κ2) is 3.73. The van der Waals surface area contributed by atoms with E-state index in [2.05, 4.69) is 0 Å². The number of nitrogens with zero attached hydrogens (tertiary/aromatic N) is 2. The quantitative estimate of drug-likeness (QED) is 0.537. The highest BCUT2D eigenvalue weighted by molar-refractivity contribution is 6.59. The number of hydrogen-bond donors (Lipinski definition) is 2. The zero-order valence-electron chi connectivity index (χ0n) is 6.60. The van der Waals surface area contributed by atoms with Crippen molar-refractivity contribution < 1.29 is 10.0 Å². The minimum Gasteiger partial charge on any atom is -0.423 e. The van der Waals surface area contributed by atoms with Gasteiger partial charge in [0.1, 0.15) is 0 Å². The molecule has 4 nitrogen and oxygen atoms in total. The van der Waals surface area contributed by atoms with Crippen molar-refractivity contribution in [3.63, 3.8) is 0 Å². The van der Waals surface area contributed by atoms with Crippen molar-refractivity contribution in [2.24, 2.45) is 0 Å². The van der Waals surface area contributed by atoms with Crippen LogP contribution < -0.4 is 5.46 Å². The van der Waals surface area contributed by atoms with Gasteiger partial charge in [-0.3, -0.25) is 0 Å². The average molecular weight is 172 g/mol. The summed E-state index contributed by atoms with van der Waals surface area (Å²) >= 11 is 0. The Morgan fingerprint density at radius 1 is 1.15 bits per heavy atom. The van der Waals surface area contributed by atoms with Crippen molar-refractivity contribution in [3.8, 4) is 12.1 Å². The lowest BCUT2D eigenvalue weighted by Crippen LogP contribution is -2.32. The molecule has 1 aromatic carbocycles. The van der Waals surface area contributed by atoms with Crippen LogP contribution in [-0.4, -0.2) is 17.2 Å². The Balaban J connectivity index is 3.28. The van der Waals surface area contributed by atoms with Gasteiger partial charge in [0.15, 0.2) is 0 Å². The maximum Gasteiger partial charge on any atom is 0.489 e. The third-order valence-corrected chi connectivity index (χ3v) is 1.58. The molecule has 0 saturated carbocycles. The van der Waals surface area contributed by atoms with Gasteiger partial charge in [0.25, 0.3) is 0 Å². The molecule has 13 heavy (non-hydrogen) atoms. The summed E-state index contributed by atoms with van der Waals surface area (Å²) in [4.78, 5) is 0. The standard InChI is InChI=1S/C8H5BN2O2/c10-4-6-1-2-8(9(12)13)7(3-6)5-11/h1-3,12-13H. The largest absolute Gasteiger partial charge is 0.489 e. The van der Waals surface area contributed by atoms with E-state index in [9.17, 15) is 0 Å². The van der Waals surface area contributed by atoms with Crippen LogP contribution in [0.1, 0.15) is 11.1 Å². The van der Waals surface area contributed by atoms with Gasteiger partial charge in [0.2, 0.25) is 0 Å². The summed E-state index contributed by atoms with van der Waals surface area (Å²) in [6.07, 6.45) is 0. The summed E-state index contributed by atoms with van der Waals surface area (Å²) in [5.41, 5.74) is 0.538. The molecule has 1 aromatic rings. The first kappa shape index (κ1) is 9.27. The maximum absolute atomic E-state index is 8.82. The van der Waals surface area contributed by atoms with Gasteiger partial charge in [-0.2, -0.15) is 10.5 Å². The molecule has 0 saturated heterocycles. The van der Waals surface area contributed by atoms with E-state index in [0.29, 0.717) is 5.56 Å². The molecule has 0 unspecified atom stereocenters. The molecular formula is C8H5BN2O2. The third kappa shape index (κ3) is 1.85. The van der Waals surface area contributed by atoms with E-state index < -0.39 is 7.12 Å². The predicted molar refractivity (Wildman–Crippen MR) is 45.7 cm³/mol. The summed E-state index contributed by atoms with van der Waals surface area (Å²) < 4.78 is 0. The fraction of sp³-hybridized carbons (Fsp3) is 0. The van der Waals surface area contributed by atoms with E-state index in [-0.39, 0.29) is 11.0 Å². The normalized spacial score (nSPS) is 8.62. The topological polar surface area (TPSA) is 88.0 Å². The Labute approximate surface area is 75.4 Å². The minimum absolute atomic E-state index is 0.106. The molecule has 5 heteroatoms. The lowest BCUT2D eigenvalue weighted by atomic mass is 9.77. The zero-order chi connectivity index (χ0) is 9.84. The van der Waals surface area contributed by atoms with E-state index in [4.69, 9.17) is 20.6 Å². The Morgan fingerprint density at radius 3 is 2.31 bits per heavy atom. The lowest BCUT2D eigenvalue weighted by Gasteiger charge is -2.01. The highest BCUT2D eigenvalue weighted by Gasteiger charge is 2.15. The molecular weight excluding hydrogens is 167 g/mol. The monoisotopic (exact) mass is 172 g/mol. The first-order valence-electron chi connectivity index (χ1n) is 3.49. The summed E-state index contributed by atoms with van der Waals surface area (Å²) in [5.74, 6) is 0. The van der Waals surface area contributed by atoms with Crippen molar-refractivity contribution in [1.29, 1.82) is 10.5 Å². The second-order valence-corrected chi connectivity index (χ2v) is 2.40. The molecule has 0 fully saturated rings. The van der Waals surface area contributed by atoms with E-state index >= 15 is 0 Å². The molecule has 0 aromatic heterocycles. The SMILES string of the molecule is N#Cc1ccc(B(O)O)c(C#N)c1. The minimum atomic E-state index is -1.68. The molecule has 0 atom stereocenters. The summed E-state index contributed by atoms with van der Waals surface area (Å²) in [6, 6.07) is 7.72. The molecule has 0 aliphatic carbocycles. The van der Waals surface area contributed by atoms with Crippen LogP contribution in [0.5, 0.6) is 0 Å². The van der Waals surface area contributed by atoms with Crippen LogP contribution in [0, 0.1) is 22.7 Å². The number of hydrogen-bond acceptors (Lipinski definition) is 4. The highest BCUT2D eigenvalue weighted by Crippen LogP contribution is 2.00. The predicted octanol–water partition coefficient (Wildman–Crippen LogP) is -0.890. The van der Waals surface area contributed by atoms with Gasteiger partial charge in [-0.25, -0.2) is 0 Å². The first-order chi connectivity index (χ1) is 6.19. The lowest BCUT2D eigenvalue weighted by molar-refractivity contribution is 0.425. The van der Waals surface area contributed by atoms with Gasteiger partial charge < -0.3 is 10.0 Å². The third-order valence-electron chi connectivity index (χ3n) is 1.58. The van der Waals surface area contributed by atoms with E-state index in [1.807, 2.05) is 6.07 Å². The smallest absolute Gasteiger partial charge is 0.423 e. The van der Waals surface area contributed by atoms with Crippen molar-refractivity contribution >= 4 is 12.6 Å². The van der Waals surface area contributed by atoms with Crippen LogP contribution in [0.4, 0.5) is 0 Å². The number of rotatable bonds is 1. The Bertz CT molecular complexity index is 404. The molecule has 2 N–H and O–H groups in total. The van der Waals surface area contributed by atoms with Crippen LogP contribution in [0.25, 0.3) is 0 Å². The van der Waals surface area contributed by atoms with Crippen LogP contribution in [0.15, 0.2) is 18.2 Å². The van der Waals surface area contributed by atoms with Crippen LogP contribution in [0.2, 0.25) is 0 Å². The fourth-order valence-electron chi connectivity index (χ4n) is 0.948. The van der Waals surface area contributed by atoms with E-state index in [1.165, 1.54) is 18.2 Å². The maximum atomic E-state index is 8.82. The number of benzene rings is 1. The van der Waals surface area contributed by atoms with Gasteiger partial charge in [0, 0.05) is 0 Å². The first-order valence-corrected chi connectivity index (χ1v) is 3.49. The van der Waals surface area contributed by atoms with Gasteiger partial charge in [-0.15, -0.1) is 0 Å². The van der Waals surface area contributed by atoms with Crippen molar-refractivity contribution in [2.45, 2.75) is 0 Å². The highest BCUT2D eigenvalue weighted by atomic mass is 16.4. The van der Waals surface area contributed by atoms with E-state index in [0.717, 1.165) is 0 Å². The van der Waals surface area contributed by atoms with Gasteiger partial charge in [-0.05, 0) is 17.6 Å². The molecule has 0 amide bonds. The van der Waals surface area contributed by atoms with Crippen molar-refractivity contribution in [2.75, 3.05) is 0 Å². The average Bonchev–Trinajstić information content (AvgIpc) is 2.16. The molecule has 0 radical (unpaired) electrons. The molecule has 0 aliphatic rings. The Hall–Kier alpha value is -1.82. The summed E-state index contributed by atoms with van der Waals surface area (Å²) in [5, 5.41) is 34.7. The van der Waals surface area contributed by atoms with Crippen LogP contribution >= 0.6 is 0 Å². The van der Waals surface area contributed by atoms with Crippen LogP contribution in [-0.2, 0) is 0 Å². The second-order valence-electron chi connectivity index (χ2n) is 2.40. The Kier molecular flexibility index (Phi) is 2.66. The fourth-order valence-corrected chi connectivity index (χ4v) is 0.948. The molecule has 0 heterocycles.